The Hall–Kier alpha value is -2.14. The summed E-state index contributed by atoms with van der Waals surface area (Å²) < 4.78 is 0. The van der Waals surface area contributed by atoms with Crippen molar-refractivity contribution in [2.45, 2.75) is 13.5 Å². The highest BCUT2D eigenvalue weighted by Gasteiger charge is 2.02. The first-order valence-corrected chi connectivity index (χ1v) is 5.34. The number of aromatic nitrogens is 2. The maximum absolute atomic E-state index is 5.59. The van der Waals surface area contributed by atoms with E-state index in [1.54, 1.807) is 6.20 Å². The summed E-state index contributed by atoms with van der Waals surface area (Å²) in [6.45, 7) is 2.40. The van der Waals surface area contributed by atoms with Gasteiger partial charge in [0.15, 0.2) is 0 Å². The third-order valence-electron chi connectivity index (χ3n) is 2.44. The number of hydrogen-bond donors (Lipinski definition) is 3. The molecule has 0 radical (unpaired) electrons. The van der Waals surface area contributed by atoms with Gasteiger partial charge in [-0.05, 0) is 24.6 Å². The third-order valence-corrected chi connectivity index (χ3v) is 2.44. The summed E-state index contributed by atoms with van der Waals surface area (Å²) in [7, 11) is 0. The van der Waals surface area contributed by atoms with Gasteiger partial charge in [0.1, 0.15) is 0 Å². The SMILES string of the molecule is Cc1nc(N)ncc1Nc1cccc(CN)c1. The highest BCUT2D eigenvalue weighted by Crippen LogP contribution is 2.19. The Morgan fingerprint density at radius 2 is 2.18 bits per heavy atom. The second-order valence-corrected chi connectivity index (χ2v) is 3.76. The molecule has 1 heterocycles. The predicted octanol–water partition coefficient (Wildman–Crippen LogP) is 1.57. The number of aryl methyl sites for hydroxylation is 1. The third kappa shape index (κ3) is 2.70. The number of rotatable bonds is 3. The number of hydrogen-bond acceptors (Lipinski definition) is 5. The molecular weight excluding hydrogens is 214 g/mol. The Morgan fingerprint density at radius 3 is 2.88 bits per heavy atom. The molecule has 0 saturated heterocycles. The smallest absolute Gasteiger partial charge is 0.220 e. The van der Waals surface area contributed by atoms with Gasteiger partial charge < -0.3 is 16.8 Å². The fraction of sp³-hybridized carbons (Fsp3) is 0.167. The van der Waals surface area contributed by atoms with Crippen LogP contribution in [0.2, 0.25) is 0 Å². The quantitative estimate of drug-likeness (QED) is 0.743. The van der Waals surface area contributed by atoms with Crippen LogP contribution in [0.15, 0.2) is 30.5 Å². The van der Waals surface area contributed by atoms with Crippen molar-refractivity contribution in [2.75, 3.05) is 11.1 Å². The van der Waals surface area contributed by atoms with Gasteiger partial charge in [0.05, 0.1) is 17.6 Å². The summed E-state index contributed by atoms with van der Waals surface area (Å²) in [4.78, 5) is 8.05. The average molecular weight is 229 g/mol. The molecule has 0 spiro atoms. The molecule has 1 aromatic heterocycles. The molecule has 0 aliphatic carbocycles. The number of nitrogens with zero attached hydrogens (tertiary/aromatic N) is 2. The van der Waals surface area contributed by atoms with E-state index in [-0.39, 0.29) is 5.95 Å². The van der Waals surface area contributed by atoms with Crippen molar-refractivity contribution in [2.24, 2.45) is 5.73 Å². The van der Waals surface area contributed by atoms with Crippen LogP contribution in [0.25, 0.3) is 0 Å². The van der Waals surface area contributed by atoms with E-state index in [4.69, 9.17) is 11.5 Å². The fourth-order valence-corrected chi connectivity index (χ4v) is 1.54. The number of nitrogens with two attached hydrogens (primary N) is 2. The molecule has 0 amide bonds. The van der Waals surface area contributed by atoms with Gasteiger partial charge in [-0.15, -0.1) is 0 Å². The molecule has 0 unspecified atom stereocenters. The lowest BCUT2D eigenvalue weighted by atomic mass is 10.2. The van der Waals surface area contributed by atoms with Crippen LogP contribution < -0.4 is 16.8 Å². The first-order chi connectivity index (χ1) is 8.19. The topological polar surface area (TPSA) is 89.8 Å². The lowest BCUT2D eigenvalue weighted by Gasteiger charge is -2.09. The Labute approximate surface area is 99.9 Å². The van der Waals surface area contributed by atoms with Crippen LogP contribution in [0.1, 0.15) is 11.3 Å². The Kier molecular flexibility index (Phi) is 3.20. The molecule has 1 aromatic carbocycles. The number of nitrogens with one attached hydrogen (secondary N) is 1. The first-order valence-electron chi connectivity index (χ1n) is 5.34. The summed E-state index contributed by atoms with van der Waals surface area (Å²) in [5.41, 5.74) is 14.8. The van der Waals surface area contributed by atoms with Crippen LogP contribution in [0.3, 0.4) is 0 Å². The van der Waals surface area contributed by atoms with Gasteiger partial charge in [-0.2, -0.15) is 0 Å². The van der Waals surface area contributed by atoms with E-state index in [1.165, 1.54) is 0 Å². The van der Waals surface area contributed by atoms with E-state index in [9.17, 15) is 0 Å². The fourth-order valence-electron chi connectivity index (χ4n) is 1.54. The lowest BCUT2D eigenvalue weighted by molar-refractivity contribution is 1.07. The van der Waals surface area contributed by atoms with Gasteiger partial charge in [-0.3, -0.25) is 0 Å². The van der Waals surface area contributed by atoms with Crippen molar-refractivity contribution in [3.05, 3.63) is 41.7 Å². The molecule has 5 nitrogen and oxygen atoms in total. The second-order valence-electron chi connectivity index (χ2n) is 3.76. The molecular formula is C12H15N5. The van der Waals surface area contributed by atoms with E-state index in [2.05, 4.69) is 15.3 Å². The molecule has 2 rings (SSSR count). The molecule has 2 aromatic rings. The van der Waals surface area contributed by atoms with Crippen molar-refractivity contribution in [3.8, 4) is 0 Å². The molecule has 17 heavy (non-hydrogen) atoms. The van der Waals surface area contributed by atoms with Gasteiger partial charge in [0.25, 0.3) is 0 Å². The summed E-state index contributed by atoms with van der Waals surface area (Å²) in [6.07, 6.45) is 1.67. The Balaban J connectivity index is 2.25. The molecule has 5 heteroatoms. The first kappa shape index (κ1) is 11.3. The van der Waals surface area contributed by atoms with Crippen LogP contribution in [-0.2, 0) is 6.54 Å². The van der Waals surface area contributed by atoms with Crippen molar-refractivity contribution in [1.82, 2.24) is 9.97 Å². The Bertz CT molecular complexity index is 524. The van der Waals surface area contributed by atoms with E-state index in [0.717, 1.165) is 22.6 Å². The zero-order valence-corrected chi connectivity index (χ0v) is 9.64. The largest absolute Gasteiger partial charge is 0.368 e. The van der Waals surface area contributed by atoms with Crippen LogP contribution in [0.5, 0.6) is 0 Å². The molecule has 5 N–H and O–H groups in total. The molecule has 0 aliphatic heterocycles. The summed E-state index contributed by atoms with van der Waals surface area (Å²) in [6, 6.07) is 7.90. The maximum atomic E-state index is 5.59. The number of nitrogen functional groups attached to an aromatic ring is 1. The van der Waals surface area contributed by atoms with Gasteiger partial charge in [-0.1, -0.05) is 12.1 Å². The molecule has 0 fully saturated rings. The number of anilines is 3. The summed E-state index contributed by atoms with van der Waals surface area (Å²) in [5, 5.41) is 3.24. The maximum Gasteiger partial charge on any atom is 0.220 e. The highest BCUT2D eigenvalue weighted by atomic mass is 15.0. The van der Waals surface area contributed by atoms with Crippen molar-refractivity contribution in [3.63, 3.8) is 0 Å². The van der Waals surface area contributed by atoms with Crippen LogP contribution >= 0.6 is 0 Å². The predicted molar refractivity (Wildman–Crippen MR) is 68.8 cm³/mol. The van der Waals surface area contributed by atoms with Gasteiger partial charge in [-0.25, -0.2) is 9.97 Å². The zero-order valence-electron chi connectivity index (χ0n) is 9.64. The van der Waals surface area contributed by atoms with E-state index < -0.39 is 0 Å². The monoisotopic (exact) mass is 229 g/mol. The standard InChI is InChI=1S/C12H15N5/c1-8-11(7-15-12(14)16-8)17-10-4-2-3-9(5-10)6-13/h2-5,7,17H,6,13H2,1H3,(H2,14,15,16). The minimum Gasteiger partial charge on any atom is -0.368 e. The average Bonchev–Trinajstić information content (AvgIpc) is 2.33. The molecule has 0 aliphatic rings. The van der Waals surface area contributed by atoms with Crippen molar-refractivity contribution < 1.29 is 0 Å². The van der Waals surface area contributed by atoms with E-state index in [1.807, 2.05) is 31.2 Å². The van der Waals surface area contributed by atoms with E-state index >= 15 is 0 Å². The van der Waals surface area contributed by atoms with Crippen LogP contribution in [-0.4, -0.2) is 9.97 Å². The van der Waals surface area contributed by atoms with E-state index in [0.29, 0.717) is 6.54 Å². The summed E-state index contributed by atoms with van der Waals surface area (Å²) in [5.74, 6) is 0.281. The van der Waals surface area contributed by atoms with Crippen LogP contribution in [0, 0.1) is 6.92 Å². The van der Waals surface area contributed by atoms with Gasteiger partial charge >= 0.3 is 0 Å². The van der Waals surface area contributed by atoms with Gasteiger partial charge in [0, 0.05) is 12.2 Å². The molecule has 0 saturated carbocycles. The normalized spacial score (nSPS) is 10.2. The number of benzene rings is 1. The molecule has 0 bridgehead atoms. The van der Waals surface area contributed by atoms with Crippen molar-refractivity contribution in [1.29, 1.82) is 0 Å². The highest BCUT2D eigenvalue weighted by molar-refractivity contribution is 5.61. The summed E-state index contributed by atoms with van der Waals surface area (Å²) >= 11 is 0. The zero-order chi connectivity index (χ0) is 12.3. The minimum absolute atomic E-state index is 0.281. The molecule has 88 valence electrons. The van der Waals surface area contributed by atoms with Crippen LogP contribution in [0.4, 0.5) is 17.3 Å². The second kappa shape index (κ2) is 4.80. The molecule has 0 atom stereocenters. The lowest BCUT2D eigenvalue weighted by Crippen LogP contribution is -2.02. The van der Waals surface area contributed by atoms with Gasteiger partial charge in [0.2, 0.25) is 5.95 Å². The Morgan fingerprint density at radius 1 is 1.35 bits per heavy atom. The van der Waals surface area contributed by atoms with Crippen molar-refractivity contribution >= 4 is 17.3 Å². The minimum atomic E-state index is 0.281.